The molecule has 56 valence electrons. The molecular formula is C7H11NO2. The Balaban J connectivity index is 2.48. The van der Waals surface area contributed by atoms with Crippen LogP contribution in [0.2, 0.25) is 0 Å². The molecule has 0 unspecified atom stereocenters. The average molecular weight is 141 g/mol. The van der Waals surface area contributed by atoms with Gasteiger partial charge < -0.3 is 5.32 Å². The largest absolute Gasteiger partial charge is 0.307 e. The van der Waals surface area contributed by atoms with Crippen molar-refractivity contribution in [2.24, 2.45) is 0 Å². The predicted octanol–water partition coefficient (Wildman–Crippen LogP) is -0.104. The van der Waals surface area contributed by atoms with Crippen LogP contribution >= 0.6 is 0 Å². The summed E-state index contributed by atoms with van der Waals surface area (Å²) in [4.78, 5) is 21.5. The lowest BCUT2D eigenvalue weighted by atomic mass is 10.1. The van der Waals surface area contributed by atoms with Crippen molar-refractivity contribution in [3.05, 3.63) is 0 Å². The van der Waals surface area contributed by atoms with Crippen molar-refractivity contribution in [3.63, 3.8) is 0 Å². The minimum atomic E-state index is -0.334. The first-order valence-electron chi connectivity index (χ1n) is 3.50. The summed E-state index contributed by atoms with van der Waals surface area (Å²) in [7, 11) is 0. The van der Waals surface area contributed by atoms with Crippen molar-refractivity contribution in [1.82, 2.24) is 5.32 Å². The summed E-state index contributed by atoms with van der Waals surface area (Å²) < 4.78 is 0. The van der Waals surface area contributed by atoms with E-state index in [0.717, 1.165) is 19.4 Å². The summed E-state index contributed by atoms with van der Waals surface area (Å²) in [6.07, 6.45) is 1.82. The predicted molar refractivity (Wildman–Crippen MR) is 36.7 cm³/mol. The zero-order valence-electron chi connectivity index (χ0n) is 6.02. The standard InChI is InChI=1S/C7H11NO2/c1-5(9)7(10)6-3-2-4-8-6/h6,8H,2-4H2,1H3/t6-/m0/s1. The fraction of sp³-hybridized carbons (Fsp3) is 0.714. The molecule has 0 aromatic heterocycles. The lowest BCUT2D eigenvalue weighted by molar-refractivity contribution is -0.136. The van der Waals surface area contributed by atoms with Gasteiger partial charge in [-0.3, -0.25) is 9.59 Å². The number of ketones is 2. The van der Waals surface area contributed by atoms with Crippen molar-refractivity contribution in [3.8, 4) is 0 Å². The van der Waals surface area contributed by atoms with Crippen LogP contribution in [0.4, 0.5) is 0 Å². The molecule has 0 bridgehead atoms. The number of hydrogen-bond donors (Lipinski definition) is 1. The molecule has 1 saturated heterocycles. The Morgan fingerprint density at radius 2 is 2.20 bits per heavy atom. The minimum absolute atomic E-state index is 0.183. The lowest BCUT2D eigenvalue weighted by Gasteiger charge is -2.03. The van der Waals surface area contributed by atoms with Gasteiger partial charge in [0, 0.05) is 6.92 Å². The van der Waals surface area contributed by atoms with Crippen molar-refractivity contribution in [1.29, 1.82) is 0 Å². The summed E-state index contributed by atoms with van der Waals surface area (Å²) in [5.41, 5.74) is 0. The molecule has 0 aromatic rings. The molecule has 1 heterocycles. The first-order chi connectivity index (χ1) is 4.72. The summed E-state index contributed by atoms with van der Waals surface area (Å²) in [5.74, 6) is -0.600. The van der Waals surface area contributed by atoms with Crippen LogP contribution in [-0.4, -0.2) is 24.2 Å². The second-order valence-corrected chi connectivity index (χ2v) is 2.57. The Morgan fingerprint density at radius 1 is 1.50 bits per heavy atom. The van der Waals surface area contributed by atoms with Crippen LogP contribution in [0.1, 0.15) is 19.8 Å². The van der Waals surface area contributed by atoms with E-state index in [1.165, 1.54) is 6.92 Å². The third-order valence-electron chi connectivity index (χ3n) is 1.72. The molecule has 0 aliphatic carbocycles. The Labute approximate surface area is 59.8 Å². The molecule has 0 spiro atoms. The molecule has 10 heavy (non-hydrogen) atoms. The molecule has 0 aromatic carbocycles. The first-order valence-corrected chi connectivity index (χ1v) is 3.50. The Kier molecular flexibility index (Phi) is 2.17. The lowest BCUT2D eigenvalue weighted by Crippen LogP contribution is -2.34. The number of carbonyl (C=O) groups excluding carboxylic acids is 2. The topological polar surface area (TPSA) is 46.2 Å². The Morgan fingerprint density at radius 3 is 2.60 bits per heavy atom. The van der Waals surface area contributed by atoms with Crippen LogP contribution in [0.3, 0.4) is 0 Å². The number of rotatable bonds is 2. The van der Waals surface area contributed by atoms with Gasteiger partial charge in [0.2, 0.25) is 5.78 Å². The van der Waals surface area contributed by atoms with Gasteiger partial charge in [0.25, 0.3) is 0 Å². The molecule has 0 radical (unpaired) electrons. The van der Waals surface area contributed by atoms with Crippen molar-refractivity contribution in [2.75, 3.05) is 6.54 Å². The summed E-state index contributed by atoms with van der Waals surface area (Å²) in [6.45, 7) is 2.19. The van der Waals surface area contributed by atoms with Crippen molar-refractivity contribution in [2.45, 2.75) is 25.8 Å². The molecule has 0 saturated carbocycles. The fourth-order valence-electron chi connectivity index (χ4n) is 1.15. The van der Waals surface area contributed by atoms with E-state index in [2.05, 4.69) is 5.32 Å². The fourth-order valence-corrected chi connectivity index (χ4v) is 1.15. The van der Waals surface area contributed by atoms with Crippen LogP contribution in [0.15, 0.2) is 0 Å². The minimum Gasteiger partial charge on any atom is -0.307 e. The molecule has 3 heteroatoms. The van der Waals surface area contributed by atoms with Crippen LogP contribution in [0.25, 0.3) is 0 Å². The monoisotopic (exact) mass is 141 g/mol. The normalized spacial score (nSPS) is 24.7. The molecule has 1 aliphatic heterocycles. The Bertz CT molecular complexity index is 159. The van der Waals surface area contributed by atoms with Crippen LogP contribution < -0.4 is 5.32 Å². The van der Waals surface area contributed by atoms with E-state index < -0.39 is 0 Å². The molecule has 1 N–H and O–H groups in total. The number of carbonyl (C=O) groups is 2. The third-order valence-corrected chi connectivity index (χ3v) is 1.72. The first kappa shape index (κ1) is 7.41. The smallest absolute Gasteiger partial charge is 0.214 e. The van der Waals surface area contributed by atoms with Gasteiger partial charge in [0.1, 0.15) is 0 Å². The summed E-state index contributed by atoms with van der Waals surface area (Å²) >= 11 is 0. The van der Waals surface area contributed by atoms with Crippen LogP contribution in [-0.2, 0) is 9.59 Å². The average Bonchev–Trinajstić information content (AvgIpc) is 2.36. The maximum atomic E-state index is 10.9. The SMILES string of the molecule is CC(=O)C(=O)[C@@H]1CCCN1. The van der Waals surface area contributed by atoms with Crippen LogP contribution in [0, 0.1) is 0 Å². The molecule has 1 aliphatic rings. The number of nitrogens with one attached hydrogen (secondary N) is 1. The highest BCUT2D eigenvalue weighted by molar-refractivity contribution is 6.38. The van der Waals surface area contributed by atoms with Gasteiger partial charge in [-0.05, 0) is 19.4 Å². The zero-order chi connectivity index (χ0) is 7.56. The van der Waals surface area contributed by atoms with Crippen molar-refractivity contribution < 1.29 is 9.59 Å². The maximum absolute atomic E-state index is 10.9. The summed E-state index contributed by atoms with van der Waals surface area (Å²) in [5, 5.41) is 2.97. The number of hydrogen-bond acceptors (Lipinski definition) is 3. The van der Waals surface area contributed by atoms with E-state index in [1.54, 1.807) is 0 Å². The summed E-state index contributed by atoms with van der Waals surface area (Å²) in [6, 6.07) is -0.183. The van der Waals surface area contributed by atoms with Gasteiger partial charge in [0.05, 0.1) is 6.04 Å². The molecule has 0 amide bonds. The van der Waals surface area contributed by atoms with Gasteiger partial charge in [-0.2, -0.15) is 0 Å². The van der Waals surface area contributed by atoms with Gasteiger partial charge in [-0.15, -0.1) is 0 Å². The maximum Gasteiger partial charge on any atom is 0.214 e. The molecule has 1 fully saturated rings. The van der Waals surface area contributed by atoms with Gasteiger partial charge in [0.15, 0.2) is 5.78 Å². The zero-order valence-corrected chi connectivity index (χ0v) is 6.02. The highest BCUT2D eigenvalue weighted by Gasteiger charge is 2.24. The van der Waals surface area contributed by atoms with Gasteiger partial charge in [-0.25, -0.2) is 0 Å². The highest BCUT2D eigenvalue weighted by Crippen LogP contribution is 2.05. The highest BCUT2D eigenvalue weighted by atomic mass is 16.2. The molecular weight excluding hydrogens is 130 g/mol. The molecule has 1 atom stereocenters. The van der Waals surface area contributed by atoms with Gasteiger partial charge >= 0.3 is 0 Å². The van der Waals surface area contributed by atoms with E-state index >= 15 is 0 Å². The van der Waals surface area contributed by atoms with E-state index in [-0.39, 0.29) is 17.6 Å². The quantitative estimate of drug-likeness (QED) is 0.546. The van der Waals surface area contributed by atoms with E-state index in [4.69, 9.17) is 0 Å². The van der Waals surface area contributed by atoms with E-state index in [1.807, 2.05) is 0 Å². The molecule has 1 rings (SSSR count). The van der Waals surface area contributed by atoms with Gasteiger partial charge in [-0.1, -0.05) is 0 Å². The van der Waals surface area contributed by atoms with E-state index in [9.17, 15) is 9.59 Å². The second-order valence-electron chi connectivity index (χ2n) is 2.57. The van der Waals surface area contributed by atoms with Crippen LogP contribution in [0.5, 0.6) is 0 Å². The molecule has 3 nitrogen and oxygen atoms in total. The number of Topliss-reactive ketones (excluding diaryl/α,β-unsaturated/α-hetero) is 2. The van der Waals surface area contributed by atoms with E-state index in [0.29, 0.717) is 0 Å². The third kappa shape index (κ3) is 1.42. The Hall–Kier alpha value is -0.700. The second kappa shape index (κ2) is 2.92. The van der Waals surface area contributed by atoms with Crippen molar-refractivity contribution >= 4 is 11.6 Å².